The van der Waals surface area contributed by atoms with E-state index in [1.54, 1.807) is 0 Å². The fourth-order valence-corrected chi connectivity index (χ4v) is 3.16. The van der Waals surface area contributed by atoms with Crippen LogP contribution >= 0.6 is 8.17 Å². The molecule has 0 aliphatic carbocycles. The Kier molecular flexibility index (Phi) is 25.6. The Bertz CT molecular complexity index is 370. The molecule has 0 aromatic rings. The van der Waals surface area contributed by atoms with Gasteiger partial charge < -0.3 is 18.9 Å². The van der Waals surface area contributed by atoms with Crippen LogP contribution in [0.2, 0.25) is 0 Å². The molecule has 0 heterocycles. The van der Waals surface area contributed by atoms with Crippen molar-refractivity contribution in [2.75, 3.05) is 72.7 Å². The highest BCUT2D eigenvalue weighted by Crippen LogP contribution is 2.54. The second-order valence-corrected chi connectivity index (χ2v) is 8.74. The summed E-state index contributed by atoms with van der Waals surface area (Å²) >= 11 is 0. The van der Waals surface area contributed by atoms with Crippen molar-refractivity contribution in [3.05, 3.63) is 0 Å². The van der Waals surface area contributed by atoms with Crippen molar-refractivity contribution in [1.82, 2.24) is 0 Å². The lowest BCUT2D eigenvalue weighted by atomic mass is 10.1. The van der Waals surface area contributed by atoms with Crippen LogP contribution in [0, 0.1) is 0 Å². The van der Waals surface area contributed by atoms with Gasteiger partial charge in [-0.2, -0.15) is 11.8 Å². The molecule has 11 nitrogen and oxygen atoms in total. The molecule has 0 aliphatic rings. The lowest BCUT2D eigenvalue weighted by Gasteiger charge is -2.07. The highest BCUT2D eigenvalue weighted by Gasteiger charge is 2.54. The Labute approximate surface area is 193 Å². The predicted molar refractivity (Wildman–Crippen MR) is 118 cm³/mol. The molecule has 0 fully saturated rings. The van der Waals surface area contributed by atoms with Crippen LogP contribution in [-0.4, -0.2) is 72.7 Å². The van der Waals surface area contributed by atoms with Crippen molar-refractivity contribution in [3.8, 4) is 0 Å². The Morgan fingerprint density at radius 1 is 0.594 bits per heavy atom. The number of ether oxygens (including phenoxy) is 5. The van der Waals surface area contributed by atoms with Gasteiger partial charge in [0.1, 0.15) is 13.2 Å². The molecule has 0 aliphatic heterocycles. The van der Waals surface area contributed by atoms with Gasteiger partial charge in [0.15, 0.2) is 0 Å². The van der Waals surface area contributed by atoms with Crippen LogP contribution in [0.4, 0.5) is 0 Å². The average molecular weight is 491 g/mol. The van der Waals surface area contributed by atoms with Gasteiger partial charge in [-0.05, 0) is 6.42 Å². The van der Waals surface area contributed by atoms with Gasteiger partial charge in [0, 0.05) is 15.7 Å². The molecule has 0 aromatic carbocycles. The SMILES string of the molecule is CCCCCCCCCC[O+]CCOCCOCCOCCOCCO[P+]([O])(O[NH3+])O[NH3+]. The molecule has 0 amide bonds. The summed E-state index contributed by atoms with van der Waals surface area (Å²) in [6.07, 6.45) is 10.5. The van der Waals surface area contributed by atoms with E-state index >= 15 is 0 Å². The number of rotatable bonds is 27. The summed E-state index contributed by atoms with van der Waals surface area (Å²) in [5.74, 6) is 6.00. The highest BCUT2D eigenvalue weighted by molar-refractivity contribution is 7.54. The number of hydrogen-bond acceptors (Lipinski definition) is 8. The molecule has 0 atom stereocenters. The van der Waals surface area contributed by atoms with E-state index < -0.39 is 8.17 Å². The number of quaternary nitrogens is 2. The van der Waals surface area contributed by atoms with Crippen LogP contribution in [-0.2, 0) is 42.4 Å². The van der Waals surface area contributed by atoms with Gasteiger partial charge in [0.05, 0.1) is 51.1 Å². The third-order valence-corrected chi connectivity index (χ3v) is 5.55. The third-order valence-electron chi connectivity index (χ3n) is 4.42. The lowest BCUT2D eigenvalue weighted by molar-refractivity contribution is -0.689. The zero-order valence-corrected chi connectivity index (χ0v) is 20.9. The molecule has 6 N–H and O–H groups in total. The maximum absolute atomic E-state index is 11.5. The van der Waals surface area contributed by atoms with E-state index in [0.29, 0.717) is 52.9 Å². The van der Waals surface area contributed by atoms with Crippen molar-refractivity contribution in [3.63, 3.8) is 0 Å². The van der Waals surface area contributed by atoms with Crippen LogP contribution in [0.3, 0.4) is 0 Å². The summed E-state index contributed by atoms with van der Waals surface area (Å²) < 4.78 is 40.6. The van der Waals surface area contributed by atoms with Crippen molar-refractivity contribution in [2.45, 2.75) is 58.3 Å². The fraction of sp³-hybridized carbons (Fsp3) is 1.00. The minimum absolute atomic E-state index is 0.0374. The van der Waals surface area contributed by atoms with E-state index in [9.17, 15) is 4.89 Å². The molecule has 0 saturated carbocycles. The van der Waals surface area contributed by atoms with Crippen LogP contribution in [0.5, 0.6) is 0 Å². The van der Waals surface area contributed by atoms with Gasteiger partial charge in [0.2, 0.25) is 13.2 Å². The minimum Gasteiger partial charge on any atom is -0.377 e. The zero-order valence-electron chi connectivity index (χ0n) is 20.0. The molecule has 0 saturated heterocycles. The lowest BCUT2D eigenvalue weighted by Crippen LogP contribution is -2.55. The van der Waals surface area contributed by atoms with Gasteiger partial charge >= 0.3 is 8.17 Å². The van der Waals surface area contributed by atoms with E-state index in [4.69, 9.17) is 28.2 Å². The summed E-state index contributed by atoms with van der Waals surface area (Å²) in [7, 11) is -3.65. The van der Waals surface area contributed by atoms with Crippen LogP contribution in [0.25, 0.3) is 0 Å². The maximum atomic E-state index is 11.5. The summed E-state index contributed by atoms with van der Waals surface area (Å²) in [4.78, 5) is 11.5. The quantitative estimate of drug-likeness (QED) is 0.0764. The van der Waals surface area contributed by atoms with E-state index in [1.807, 2.05) is 0 Å². The van der Waals surface area contributed by atoms with E-state index in [2.05, 4.69) is 28.0 Å². The molecule has 2 radical (unpaired) electrons. The van der Waals surface area contributed by atoms with Gasteiger partial charge in [-0.15, -0.1) is 9.26 Å². The summed E-state index contributed by atoms with van der Waals surface area (Å²) in [6, 6.07) is 0. The molecule has 0 bridgehead atoms. The first-order valence-electron chi connectivity index (χ1n) is 11.7. The summed E-state index contributed by atoms with van der Waals surface area (Å²) in [6.45, 7) is 7.39. The normalized spacial score (nSPS) is 12.0. The van der Waals surface area contributed by atoms with Crippen molar-refractivity contribution in [2.24, 2.45) is 0 Å². The second kappa shape index (κ2) is 25.6. The van der Waals surface area contributed by atoms with Crippen molar-refractivity contribution in [1.29, 1.82) is 0 Å². The van der Waals surface area contributed by atoms with Gasteiger partial charge in [-0.1, -0.05) is 45.4 Å². The summed E-state index contributed by atoms with van der Waals surface area (Å²) in [5, 5.41) is 0. The van der Waals surface area contributed by atoms with Crippen molar-refractivity contribution < 1.29 is 54.1 Å². The van der Waals surface area contributed by atoms with Crippen LogP contribution < -0.4 is 11.8 Å². The van der Waals surface area contributed by atoms with Gasteiger partial charge in [-0.25, -0.2) is 0 Å². The Balaban J connectivity index is 3.09. The molecule has 0 spiro atoms. The monoisotopic (exact) mass is 490 g/mol. The highest BCUT2D eigenvalue weighted by atomic mass is 31.2. The Hall–Kier alpha value is -0.0100. The largest absolute Gasteiger partial charge is 0.719 e. The molecule has 192 valence electrons. The first-order chi connectivity index (χ1) is 15.7. The number of hydrogen-bond donors (Lipinski definition) is 2. The fourth-order valence-electron chi connectivity index (χ4n) is 2.64. The Morgan fingerprint density at radius 3 is 1.53 bits per heavy atom. The molecule has 0 unspecified atom stereocenters. The average Bonchev–Trinajstić information content (AvgIpc) is 2.81. The second-order valence-electron chi connectivity index (χ2n) is 7.08. The Morgan fingerprint density at radius 2 is 1.03 bits per heavy atom. The first kappa shape index (κ1) is 32.0. The molecule has 32 heavy (non-hydrogen) atoms. The predicted octanol–water partition coefficient (Wildman–Crippen LogP) is 1.68. The maximum Gasteiger partial charge on any atom is 0.719 e. The third kappa shape index (κ3) is 23.2. The smallest absolute Gasteiger partial charge is 0.377 e. The number of unbranched alkanes of at least 4 members (excludes halogenated alkanes) is 7. The van der Waals surface area contributed by atoms with Gasteiger partial charge in [-0.3, -0.25) is 0 Å². The van der Waals surface area contributed by atoms with Crippen LogP contribution in [0.1, 0.15) is 58.3 Å². The molecule has 12 heteroatoms. The first-order valence-corrected chi connectivity index (χ1v) is 13.2. The zero-order chi connectivity index (χ0) is 23.6. The van der Waals surface area contributed by atoms with Crippen LogP contribution in [0.15, 0.2) is 0 Å². The molecule has 0 aromatic heterocycles. The molecular weight excluding hydrogens is 443 g/mol. The summed E-state index contributed by atoms with van der Waals surface area (Å²) in [5.41, 5.74) is 0. The van der Waals surface area contributed by atoms with Gasteiger partial charge in [0.25, 0.3) is 0 Å². The van der Waals surface area contributed by atoms with E-state index in [-0.39, 0.29) is 13.2 Å². The standard InChI is InChI=1S/C20H47N2O9P/c1-2-3-4-5-6-7-8-9-10-24-11-12-25-13-14-26-15-16-27-17-18-28-19-20-29-32(23,30-21)31-22/h2-20H2,1,21-22H3/q+4. The molecule has 0 rings (SSSR count). The topological polar surface area (TPSA) is 151 Å². The minimum atomic E-state index is -3.65. The van der Waals surface area contributed by atoms with E-state index in [1.165, 1.54) is 44.9 Å². The van der Waals surface area contributed by atoms with E-state index in [0.717, 1.165) is 13.0 Å². The van der Waals surface area contributed by atoms with Crippen molar-refractivity contribution >= 4 is 8.17 Å². The molecular formula is C20H47N2O9P+4.